The van der Waals surface area contributed by atoms with Gasteiger partial charge in [-0.25, -0.2) is 9.78 Å². The van der Waals surface area contributed by atoms with E-state index in [2.05, 4.69) is 9.72 Å². The maximum atomic E-state index is 13.5. The third kappa shape index (κ3) is 3.33. The molecule has 0 fully saturated rings. The highest BCUT2D eigenvalue weighted by atomic mass is 35.5. The molecule has 0 unspecified atom stereocenters. The zero-order valence-electron chi connectivity index (χ0n) is 12.2. The van der Waals surface area contributed by atoms with Crippen molar-refractivity contribution in [2.45, 2.75) is 6.18 Å². The minimum absolute atomic E-state index is 0.0199. The predicted octanol–water partition coefficient (Wildman–Crippen LogP) is 4.68. The SMILES string of the molecule is NC(=O)Oc1sc2nc(-c3ccc(Cl)cc3)cc(C(F)(F)F)c2c1N. The van der Waals surface area contributed by atoms with Gasteiger partial charge in [-0.2, -0.15) is 13.2 Å². The molecule has 1 amide bonds. The third-order valence-corrected chi connectivity index (χ3v) is 4.53. The maximum absolute atomic E-state index is 13.5. The summed E-state index contributed by atoms with van der Waals surface area (Å²) in [6.45, 7) is 0. The van der Waals surface area contributed by atoms with Crippen molar-refractivity contribution in [2.24, 2.45) is 5.73 Å². The van der Waals surface area contributed by atoms with Crippen LogP contribution in [0.3, 0.4) is 0 Å². The average Bonchev–Trinajstić information content (AvgIpc) is 2.81. The lowest BCUT2D eigenvalue weighted by Gasteiger charge is -2.11. The molecule has 2 heterocycles. The summed E-state index contributed by atoms with van der Waals surface area (Å²) in [5.41, 5.74) is 9.85. The Morgan fingerprint density at radius 1 is 1.24 bits per heavy atom. The van der Waals surface area contributed by atoms with E-state index >= 15 is 0 Å². The molecule has 0 spiro atoms. The fourth-order valence-corrected chi connectivity index (χ4v) is 3.36. The number of amides is 1. The Hall–Kier alpha value is -2.52. The summed E-state index contributed by atoms with van der Waals surface area (Å²) in [5, 5.41) is -0.112. The molecule has 0 saturated heterocycles. The summed E-state index contributed by atoms with van der Waals surface area (Å²) >= 11 is 6.50. The van der Waals surface area contributed by atoms with Gasteiger partial charge in [-0.05, 0) is 18.2 Å². The second-order valence-corrected chi connectivity index (χ2v) is 6.36. The summed E-state index contributed by atoms with van der Waals surface area (Å²) in [4.78, 5) is 15.1. The number of hydrogen-bond donors (Lipinski definition) is 2. The van der Waals surface area contributed by atoms with E-state index in [1.165, 1.54) is 0 Å². The Morgan fingerprint density at radius 3 is 2.44 bits per heavy atom. The highest BCUT2D eigenvalue weighted by Crippen LogP contribution is 2.46. The molecule has 10 heteroatoms. The number of carbonyl (C=O) groups excluding carboxylic acids is 1. The number of nitrogen functional groups attached to an aromatic ring is 1. The monoisotopic (exact) mass is 387 g/mol. The van der Waals surface area contributed by atoms with Crippen LogP contribution in [0.15, 0.2) is 30.3 Å². The van der Waals surface area contributed by atoms with Crippen LogP contribution < -0.4 is 16.2 Å². The van der Waals surface area contributed by atoms with Crippen molar-refractivity contribution in [3.8, 4) is 16.3 Å². The molecule has 3 aromatic rings. The first-order valence-electron chi connectivity index (χ1n) is 6.70. The maximum Gasteiger partial charge on any atom is 0.417 e. The van der Waals surface area contributed by atoms with Gasteiger partial charge < -0.3 is 16.2 Å². The molecule has 0 saturated carbocycles. The van der Waals surface area contributed by atoms with Crippen molar-refractivity contribution in [1.82, 2.24) is 4.98 Å². The van der Waals surface area contributed by atoms with E-state index < -0.39 is 17.8 Å². The van der Waals surface area contributed by atoms with Crippen molar-refractivity contribution in [3.63, 3.8) is 0 Å². The fourth-order valence-electron chi connectivity index (χ4n) is 2.26. The van der Waals surface area contributed by atoms with Crippen LogP contribution in [0.25, 0.3) is 21.5 Å². The number of hydrogen-bond acceptors (Lipinski definition) is 5. The van der Waals surface area contributed by atoms with Gasteiger partial charge in [0.2, 0.25) is 5.06 Å². The smallest absolute Gasteiger partial charge is 0.397 e. The number of thiophene rings is 1. The van der Waals surface area contributed by atoms with Crippen molar-refractivity contribution in [3.05, 3.63) is 40.9 Å². The van der Waals surface area contributed by atoms with Gasteiger partial charge >= 0.3 is 12.3 Å². The molecule has 2 aromatic heterocycles. The van der Waals surface area contributed by atoms with Crippen LogP contribution in [0.1, 0.15) is 5.56 Å². The third-order valence-electron chi connectivity index (χ3n) is 3.30. The number of fused-ring (bicyclic) bond motifs is 1. The van der Waals surface area contributed by atoms with E-state index in [1.54, 1.807) is 24.3 Å². The van der Waals surface area contributed by atoms with E-state index in [9.17, 15) is 18.0 Å². The van der Waals surface area contributed by atoms with E-state index in [0.29, 0.717) is 21.9 Å². The highest BCUT2D eigenvalue weighted by molar-refractivity contribution is 7.21. The van der Waals surface area contributed by atoms with E-state index in [0.717, 1.165) is 6.07 Å². The number of halogens is 4. The molecule has 0 radical (unpaired) electrons. The lowest BCUT2D eigenvalue weighted by atomic mass is 10.1. The van der Waals surface area contributed by atoms with Crippen LogP contribution in [-0.2, 0) is 6.18 Å². The number of ether oxygens (including phenoxy) is 1. The molecule has 25 heavy (non-hydrogen) atoms. The van der Waals surface area contributed by atoms with Gasteiger partial charge in [0.05, 0.1) is 22.3 Å². The Bertz CT molecular complexity index is 971. The first kappa shape index (κ1) is 17.3. The van der Waals surface area contributed by atoms with Crippen molar-refractivity contribution < 1.29 is 22.7 Å². The number of alkyl halides is 3. The van der Waals surface area contributed by atoms with Gasteiger partial charge in [0.1, 0.15) is 4.83 Å². The van der Waals surface area contributed by atoms with Crippen LogP contribution in [0, 0.1) is 0 Å². The van der Waals surface area contributed by atoms with Gasteiger partial charge in [-0.3, -0.25) is 0 Å². The van der Waals surface area contributed by atoms with Crippen molar-refractivity contribution >= 4 is 44.9 Å². The van der Waals surface area contributed by atoms with Crippen molar-refractivity contribution in [1.29, 1.82) is 0 Å². The van der Waals surface area contributed by atoms with Crippen LogP contribution in [-0.4, -0.2) is 11.1 Å². The highest BCUT2D eigenvalue weighted by Gasteiger charge is 2.36. The predicted molar refractivity (Wildman–Crippen MR) is 89.7 cm³/mol. The summed E-state index contributed by atoms with van der Waals surface area (Å²) in [6.07, 6.45) is -5.86. The number of aromatic nitrogens is 1. The average molecular weight is 388 g/mol. The number of anilines is 1. The summed E-state index contributed by atoms with van der Waals surface area (Å²) in [6, 6.07) is 7.08. The van der Waals surface area contributed by atoms with Gasteiger partial charge in [0, 0.05) is 10.6 Å². The molecule has 0 bridgehead atoms. The number of pyridine rings is 1. The largest absolute Gasteiger partial charge is 0.417 e. The molecule has 0 aliphatic rings. The van der Waals surface area contributed by atoms with E-state index in [-0.39, 0.29) is 26.7 Å². The first-order chi connectivity index (χ1) is 11.7. The minimum atomic E-state index is -4.68. The quantitative estimate of drug-likeness (QED) is 0.668. The molecular weight excluding hydrogens is 379 g/mol. The zero-order chi connectivity index (χ0) is 18.4. The summed E-state index contributed by atoms with van der Waals surface area (Å²) in [5.74, 6) is 0. The number of nitrogens with two attached hydrogens (primary N) is 2. The molecule has 5 nitrogen and oxygen atoms in total. The first-order valence-corrected chi connectivity index (χ1v) is 7.89. The molecule has 1 aromatic carbocycles. The lowest BCUT2D eigenvalue weighted by molar-refractivity contribution is -0.136. The number of primary amides is 1. The second kappa shape index (κ2) is 6.08. The lowest BCUT2D eigenvalue weighted by Crippen LogP contribution is -2.16. The number of rotatable bonds is 2. The summed E-state index contributed by atoms with van der Waals surface area (Å²) in [7, 11) is 0. The Kier molecular flexibility index (Phi) is 4.21. The zero-order valence-corrected chi connectivity index (χ0v) is 13.8. The van der Waals surface area contributed by atoms with Crippen molar-refractivity contribution in [2.75, 3.05) is 5.73 Å². The van der Waals surface area contributed by atoms with Crippen LogP contribution in [0.2, 0.25) is 5.02 Å². The molecule has 3 rings (SSSR count). The molecule has 4 N–H and O–H groups in total. The van der Waals surface area contributed by atoms with Gasteiger partial charge in [0.25, 0.3) is 0 Å². The van der Waals surface area contributed by atoms with Gasteiger partial charge in [-0.15, -0.1) is 0 Å². The second-order valence-electron chi connectivity index (χ2n) is 4.96. The summed E-state index contributed by atoms with van der Waals surface area (Å²) < 4.78 is 45.2. The molecule has 0 atom stereocenters. The minimum Gasteiger partial charge on any atom is -0.397 e. The molecule has 0 aliphatic heterocycles. The molecule has 0 aliphatic carbocycles. The standard InChI is InChI=1S/C15H9ClF3N3O2S/c16-7-3-1-6(2-4-7)9-5-8(15(17,18)19)10-11(20)13(24-14(21)23)25-12(10)22-9/h1-5H,20H2,(H2,21,23). The topological polar surface area (TPSA) is 91.2 Å². The number of benzene rings is 1. The van der Waals surface area contributed by atoms with Crippen LogP contribution >= 0.6 is 22.9 Å². The van der Waals surface area contributed by atoms with E-state index in [4.69, 9.17) is 23.1 Å². The molecule has 130 valence electrons. The number of carbonyl (C=O) groups is 1. The van der Waals surface area contributed by atoms with Crippen LogP contribution in [0.4, 0.5) is 23.7 Å². The fraction of sp³-hybridized carbons (Fsp3) is 0.0667. The Balaban J connectivity index is 2.28. The normalized spacial score (nSPS) is 11.7. The Labute approximate surface area is 148 Å². The molecular formula is C15H9ClF3N3O2S. The van der Waals surface area contributed by atoms with E-state index in [1.807, 2.05) is 0 Å². The number of nitrogens with zero attached hydrogens (tertiary/aromatic N) is 1. The van der Waals surface area contributed by atoms with Crippen LogP contribution in [0.5, 0.6) is 5.06 Å². The van der Waals surface area contributed by atoms with Gasteiger partial charge in [0.15, 0.2) is 0 Å². The van der Waals surface area contributed by atoms with Gasteiger partial charge in [-0.1, -0.05) is 35.1 Å². The Morgan fingerprint density at radius 2 is 1.88 bits per heavy atom.